The Hall–Kier alpha value is -6.16. The molecule has 0 spiro atoms. The van der Waals surface area contributed by atoms with E-state index in [9.17, 15) is 29.5 Å². The van der Waals surface area contributed by atoms with Crippen LogP contribution >= 0.6 is 0 Å². The average Bonchev–Trinajstić information content (AvgIpc) is 3.31. The van der Waals surface area contributed by atoms with Crippen LogP contribution in [0.15, 0.2) is 114 Å². The van der Waals surface area contributed by atoms with Gasteiger partial charge >= 0.3 is 6.09 Å². The Morgan fingerprint density at radius 1 is 1.02 bits per heavy atom. The van der Waals surface area contributed by atoms with E-state index in [1.54, 1.807) is 35.2 Å². The summed E-state index contributed by atoms with van der Waals surface area (Å²) < 4.78 is 40.4. The first kappa shape index (κ1) is 46.8. The van der Waals surface area contributed by atoms with Crippen LogP contribution in [-0.2, 0) is 34.1 Å². The molecular weight excluding hydrogens is 836 g/mol. The Kier molecular flexibility index (Phi) is 15.6. The predicted octanol–water partition coefficient (Wildman–Crippen LogP) is 9.12. The lowest BCUT2D eigenvalue weighted by Gasteiger charge is -2.59. The van der Waals surface area contributed by atoms with Crippen LogP contribution in [0.5, 0.6) is 11.5 Å². The van der Waals surface area contributed by atoms with Crippen LogP contribution < -0.4 is 9.47 Å². The van der Waals surface area contributed by atoms with Crippen molar-refractivity contribution in [1.29, 1.82) is 0 Å². The number of halogens is 1. The third-order valence-electron chi connectivity index (χ3n) is 12.6. The third kappa shape index (κ3) is 10.7. The number of allylic oxidation sites excluding steroid dienone is 1. The number of carbonyl (C=O) groups is 1. The largest absolute Gasteiger partial charge is 0.487 e. The fraction of sp³-hybridized carbons (Fsp3) is 0.420. The number of hydrogen-bond acceptors (Lipinski definition) is 12. The van der Waals surface area contributed by atoms with Gasteiger partial charge in [-0.15, -0.1) is 6.58 Å². The number of ether oxygens (including phenoxy) is 4. The second-order valence-electron chi connectivity index (χ2n) is 16.8. The van der Waals surface area contributed by atoms with Crippen LogP contribution in [0.4, 0.5) is 14.9 Å². The van der Waals surface area contributed by atoms with Gasteiger partial charge in [-0.2, -0.15) is 0 Å². The minimum Gasteiger partial charge on any atom is -0.487 e. The molecule has 3 aliphatic rings. The highest BCUT2D eigenvalue weighted by molar-refractivity contribution is 6.03. The fourth-order valence-electron chi connectivity index (χ4n) is 9.68. The van der Waals surface area contributed by atoms with E-state index in [-0.39, 0.29) is 69.4 Å². The van der Waals surface area contributed by atoms with Gasteiger partial charge in [0.15, 0.2) is 0 Å². The van der Waals surface area contributed by atoms with Gasteiger partial charge in [0, 0.05) is 55.5 Å². The zero-order valence-corrected chi connectivity index (χ0v) is 36.9. The number of non-ortho nitro benzene ring substituents is 1. The van der Waals surface area contributed by atoms with E-state index in [2.05, 4.69) is 17.6 Å². The zero-order valence-electron chi connectivity index (χ0n) is 36.9. The number of fused-ring (bicyclic) bond motifs is 2. The van der Waals surface area contributed by atoms with Crippen molar-refractivity contribution < 1.29 is 48.1 Å². The fourth-order valence-corrected chi connectivity index (χ4v) is 9.68. The smallest absolute Gasteiger partial charge is 0.410 e. The molecule has 65 heavy (non-hydrogen) atoms. The number of unbranched alkanes of at least 4 members (excludes halogenated alkanes) is 2. The summed E-state index contributed by atoms with van der Waals surface area (Å²) in [5, 5.41) is 36.1. The Bertz CT molecular complexity index is 2340. The number of benzene rings is 3. The van der Waals surface area contributed by atoms with Crippen LogP contribution in [0.25, 0.3) is 0 Å². The molecule has 1 saturated carbocycles. The molecule has 2 aliphatic carbocycles. The van der Waals surface area contributed by atoms with Crippen molar-refractivity contribution in [1.82, 2.24) is 9.88 Å². The van der Waals surface area contributed by atoms with Crippen molar-refractivity contribution in [3.05, 3.63) is 153 Å². The second-order valence-corrected chi connectivity index (χ2v) is 16.8. The van der Waals surface area contributed by atoms with Crippen LogP contribution in [0.1, 0.15) is 78.9 Å². The molecule has 344 valence electrons. The van der Waals surface area contributed by atoms with E-state index < -0.39 is 34.6 Å². The highest BCUT2D eigenvalue weighted by Gasteiger charge is 2.65. The Balaban J connectivity index is 1.42. The number of hydrogen-bond donors (Lipinski definition) is 2. The van der Waals surface area contributed by atoms with Gasteiger partial charge in [-0.1, -0.05) is 48.3 Å². The van der Waals surface area contributed by atoms with Crippen molar-refractivity contribution in [2.75, 3.05) is 26.9 Å². The van der Waals surface area contributed by atoms with Gasteiger partial charge in [0.2, 0.25) is 5.79 Å². The first-order valence-corrected chi connectivity index (χ1v) is 22.2. The van der Waals surface area contributed by atoms with E-state index in [0.717, 1.165) is 48.2 Å². The highest BCUT2D eigenvalue weighted by atomic mass is 19.1. The molecule has 1 aliphatic heterocycles. The molecule has 2 N–H and O–H groups in total. The zero-order chi connectivity index (χ0) is 45.9. The topological polar surface area (TPSA) is 175 Å². The number of nitrogens with zero attached hydrogens (tertiary/aromatic N) is 4. The molecule has 7 rings (SSSR count). The molecule has 14 nitrogen and oxygen atoms in total. The monoisotopic (exact) mass is 892 g/mol. The summed E-state index contributed by atoms with van der Waals surface area (Å²) in [6.07, 6.45) is 7.48. The molecule has 1 amide bonds. The van der Waals surface area contributed by atoms with Gasteiger partial charge in [-0.25, -0.2) is 9.18 Å². The van der Waals surface area contributed by atoms with E-state index in [4.69, 9.17) is 28.9 Å². The molecule has 0 saturated heterocycles. The molecule has 3 aromatic carbocycles. The molecule has 1 aromatic heterocycles. The molecule has 2 heterocycles. The van der Waals surface area contributed by atoms with Crippen molar-refractivity contribution in [2.24, 2.45) is 22.9 Å². The van der Waals surface area contributed by atoms with E-state index in [1.165, 1.54) is 31.4 Å². The number of aliphatic hydroxyl groups is 2. The molecular formula is C50H57FN4O10. The van der Waals surface area contributed by atoms with E-state index in [0.29, 0.717) is 41.2 Å². The maximum absolute atomic E-state index is 14.2. The molecule has 4 aromatic rings. The minimum absolute atomic E-state index is 0.00147. The summed E-state index contributed by atoms with van der Waals surface area (Å²) in [7, 11) is 1.30. The normalized spacial score (nSPS) is 22.4. The number of nitro groups is 1. The maximum atomic E-state index is 14.2. The summed E-state index contributed by atoms with van der Waals surface area (Å²) in [6.45, 7) is 6.31. The second kappa shape index (κ2) is 21.7. The van der Waals surface area contributed by atoms with Crippen molar-refractivity contribution in [3.63, 3.8) is 0 Å². The molecule has 1 fully saturated rings. The number of methoxy groups -OCH3 is 1. The van der Waals surface area contributed by atoms with Crippen LogP contribution in [0.3, 0.4) is 0 Å². The van der Waals surface area contributed by atoms with Gasteiger partial charge in [0.1, 0.15) is 36.6 Å². The van der Waals surface area contributed by atoms with Crippen LogP contribution in [0.2, 0.25) is 0 Å². The Labute approximate surface area is 378 Å². The Morgan fingerprint density at radius 2 is 1.75 bits per heavy atom. The SMILES string of the molecule is C=CCO[C@@]12Oc3ccc(OCc4cccc(C)n4)cc3[C@H]3[C@H](CCCCO)[C@@H](CCCCO)C=C(C(=NOCc4ccc([N+](=O)[O-])cc4)C[C@@H]1N(Cc1ccc(F)cc1)C(=O)OC)[C@H]32. The quantitative estimate of drug-likeness (QED) is 0.0353. The van der Waals surface area contributed by atoms with Crippen molar-refractivity contribution in [3.8, 4) is 11.5 Å². The first-order chi connectivity index (χ1) is 31.6. The summed E-state index contributed by atoms with van der Waals surface area (Å²) >= 11 is 0. The molecule has 0 radical (unpaired) electrons. The van der Waals surface area contributed by atoms with Crippen LogP contribution in [0, 0.1) is 40.6 Å². The van der Waals surface area contributed by atoms with Gasteiger partial charge in [0.25, 0.3) is 5.69 Å². The number of oxime groups is 1. The number of pyridine rings is 1. The minimum atomic E-state index is -1.57. The van der Waals surface area contributed by atoms with Gasteiger partial charge in [0.05, 0.1) is 36.0 Å². The maximum Gasteiger partial charge on any atom is 0.410 e. The molecule has 0 unspecified atom stereocenters. The summed E-state index contributed by atoms with van der Waals surface area (Å²) in [6, 6.07) is 22.6. The third-order valence-corrected chi connectivity index (χ3v) is 12.6. The molecule has 6 atom stereocenters. The van der Waals surface area contributed by atoms with Crippen LogP contribution in [-0.4, -0.2) is 75.6 Å². The number of aromatic nitrogens is 1. The molecule has 15 heteroatoms. The van der Waals surface area contributed by atoms with Crippen molar-refractivity contribution >= 4 is 17.5 Å². The van der Waals surface area contributed by atoms with E-state index in [1.807, 2.05) is 43.3 Å². The summed E-state index contributed by atoms with van der Waals surface area (Å²) in [5.74, 6) is -1.83. The highest BCUT2D eigenvalue weighted by Crippen LogP contribution is 2.62. The van der Waals surface area contributed by atoms with Crippen molar-refractivity contribution in [2.45, 2.75) is 89.4 Å². The summed E-state index contributed by atoms with van der Waals surface area (Å²) in [5.41, 5.74) is 5.14. The lowest BCUT2D eigenvalue weighted by molar-refractivity contribution is -0.384. The lowest BCUT2D eigenvalue weighted by atomic mass is 9.55. The average molecular weight is 893 g/mol. The standard InChI is InChI=1S/C50H57FN4O10/c1-4-26-63-50-46(54(49(58)61-3)30-34-14-18-37(51)19-15-34)29-44(53-64-31-35-16-20-39(21-17-35)55(59)60)42-27-36(11-5-7-24-56)41(13-6-8-25-57)47(48(42)50)43-28-40(22-23-45(43)65-50)62-32-38-12-9-10-33(2)52-38/h4,9-10,12,14-23,27-28,36,41,46-48,56-57H,1,5-8,11,13,24-26,29-32H2,2-3H3/t36-,41+,46-,47+,48+,50+/m0/s1. The number of amides is 1. The Morgan fingerprint density at radius 3 is 2.45 bits per heavy atom. The first-order valence-electron chi connectivity index (χ1n) is 22.2. The number of aryl methyl sites for hydroxylation is 1. The number of nitro benzene ring substituents is 1. The van der Waals surface area contributed by atoms with E-state index >= 15 is 0 Å². The van der Waals surface area contributed by atoms with Gasteiger partial charge < -0.3 is 34.0 Å². The van der Waals surface area contributed by atoms with Gasteiger partial charge in [-0.05, 0) is 116 Å². The predicted molar refractivity (Wildman–Crippen MR) is 240 cm³/mol. The van der Waals surface area contributed by atoms with Gasteiger partial charge in [-0.3, -0.25) is 20.0 Å². The number of rotatable bonds is 21. The molecule has 0 bridgehead atoms. The lowest BCUT2D eigenvalue weighted by Crippen LogP contribution is -2.70. The number of carbonyl (C=O) groups excluding carboxylic acids is 1. The number of aliphatic hydroxyl groups excluding tert-OH is 2. The summed E-state index contributed by atoms with van der Waals surface area (Å²) in [4.78, 5) is 37.4.